The van der Waals surface area contributed by atoms with Crippen molar-refractivity contribution < 1.29 is 18.4 Å². The summed E-state index contributed by atoms with van der Waals surface area (Å²) in [6, 6.07) is 3.27. The molecule has 5 nitrogen and oxygen atoms in total. The minimum Gasteiger partial charge on any atom is -0.387 e. The van der Waals surface area contributed by atoms with Crippen molar-refractivity contribution in [3.05, 3.63) is 47.1 Å². The summed E-state index contributed by atoms with van der Waals surface area (Å²) in [7, 11) is 0. The van der Waals surface area contributed by atoms with E-state index in [-0.39, 0.29) is 11.5 Å². The van der Waals surface area contributed by atoms with Gasteiger partial charge in [-0.05, 0) is 38.3 Å². The van der Waals surface area contributed by atoms with E-state index in [1.807, 2.05) is 0 Å². The fourth-order valence-corrected chi connectivity index (χ4v) is 3.46. The Kier molecular flexibility index (Phi) is 4.52. The molecular weight excluding hydrogens is 328 g/mol. The van der Waals surface area contributed by atoms with Crippen LogP contribution in [-0.2, 0) is 0 Å². The fourth-order valence-electron chi connectivity index (χ4n) is 3.46. The highest BCUT2D eigenvalue weighted by Crippen LogP contribution is 2.39. The minimum absolute atomic E-state index is 0.124. The lowest BCUT2D eigenvalue weighted by molar-refractivity contribution is 0.0917. The Morgan fingerprint density at radius 3 is 2.84 bits per heavy atom. The zero-order valence-electron chi connectivity index (χ0n) is 13.9. The highest BCUT2D eigenvalue weighted by molar-refractivity contribution is 5.21. The number of piperidine rings is 1. The second kappa shape index (κ2) is 6.80. The molecule has 1 saturated carbocycles. The molecule has 1 aliphatic carbocycles. The number of nitrogens with zero attached hydrogens (tertiary/aromatic N) is 3. The van der Waals surface area contributed by atoms with Crippen molar-refractivity contribution in [3.63, 3.8) is 0 Å². The lowest BCUT2D eigenvalue weighted by atomic mass is 9.96. The molecule has 0 amide bonds. The molecular formula is C18H21F2N3O2. The van der Waals surface area contributed by atoms with Crippen molar-refractivity contribution in [3.8, 4) is 0 Å². The molecule has 0 spiro atoms. The first-order valence-electron chi connectivity index (χ1n) is 8.79. The summed E-state index contributed by atoms with van der Waals surface area (Å²) in [6.07, 6.45) is 3.17. The fraction of sp³-hybridized carbons (Fsp3) is 0.556. The van der Waals surface area contributed by atoms with Crippen LogP contribution in [-0.4, -0.2) is 39.8 Å². The van der Waals surface area contributed by atoms with Crippen LogP contribution in [0.15, 0.2) is 22.7 Å². The van der Waals surface area contributed by atoms with Crippen molar-refractivity contribution in [2.24, 2.45) is 0 Å². The summed E-state index contributed by atoms with van der Waals surface area (Å²) in [5, 5.41) is 14.5. The molecule has 0 bridgehead atoms. The summed E-state index contributed by atoms with van der Waals surface area (Å²) < 4.78 is 32.2. The van der Waals surface area contributed by atoms with Gasteiger partial charge in [0, 0.05) is 36.6 Å². The number of aliphatic hydroxyl groups is 1. The molecule has 134 valence electrons. The SMILES string of the molecule is O[C@@H](CN1CCC[C@H](c2noc(C3CC3)n2)C1)c1ccc(F)cc1F. The van der Waals surface area contributed by atoms with Crippen LogP contribution in [0.25, 0.3) is 0 Å². The summed E-state index contributed by atoms with van der Waals surface area (Å²) in [6.45, 7) is 1.82. The van der Waals surface area contributed by atoms with E-state index in [4.69, 9.17) is 4.52 Å². The highest BCUT2D eigenvalue weighted by Gasteiger charge is 2.32. The smallest absolute Gasteiger partial charge is 0.229 e. The summed E-state index contributed by atoms with van der Waals surface area (Å²) >= 11 is 0. The van der Waals surface area contributed by atoms with Crippen LogP contribution in [0.3, 0.4) is 0 Å². The second-order valence-electron chi connectivity index (χ2n) is 7.05. The number of aliphatic hydroxyl groups excluding tert-OH is 1. The van der Waals surface area contributed by atoms with Gasteiger partial charge in [0.15, 0.2) is 5.82 Å². The van der Waals surface area contributed by atoms with Gasteiger partial charge in [-0.3, -0.25) is 4.90 Å². The van der Waals surface area contributed by atoms with Gasteiger partial charge >= 0.3 is 0 Å². The topological polar surface area (TPSA) is 62.4 Å². The quantitative estimate of drug-likeness (QED) is 0.898. The molecule has 2 fully saturated rings. The van der Waals surface area contributed by atoms with Crippen molar-refractivity contribution in [1.29, 1.82) is 0 Å². The van der Waals surface area contributed by atoms with Crippen molar-refractivity contribution in [2.75, 3.05) is 19.6 Å². The summed E-state index contributed by atoms with van der Waals surface area (Å²) in [5.41, 5.74) is 0.124. The molecule has 2 aliphatic rings. The lowest BCUT2D eigenvalue weighted by Crippen LogP contribution is -2.37. The van der Waals surface area contributed by atoms with Gasteiger partial charge in [-0.1, -0.05) is 11.2 Å². The van der Waals surface area contributed by atoms with E-state index in [2.05, 4.69) is 15.0 Å². The minimum atomic E-state index is -0.994. The highest BCUT2D eigenvalue weighted by atomic mass is 19.1. The summed E-state index contributed by atoms with van der Waals surface area (Å²) in [5.74, 6) is 0.706. The Morgan fingerprint density at radius 1 is 1.24 bits per heavy atom. The van der Waals surface area contributed by atoms with Gasteiger partial charge in [0.05, 0.1) is 6.10 Å². The van der Waals surface area contributed by atoms with Crippen LogP contribution in [0.2, 0.25) is 0 Å². The predicted molar refractivity (Wildman–Crippen MR) is 86.0 cm³/mol. The molecule has 0 radical (unpaired) electrons. The Labute approximate surface area is 144 Å². The van der Waals surface area contributed by atoms with E-state index in [0.29, 0.717) is 19.0 Å². The lowest BCUT2D eigenvalue weighted by Gasteiger charge is -2.32. The van der Waals surface area contributed by atoms with Crippen LogP contribution >= 0.6 is 0 Å². The molecule has 2 aromatic rings. The van der Waals surface area contributed by atoms with Gasteiger partial charge in [0.25, 0.3) is 0 Å². The van der Waals surface area contributed by atoms with Crippen molar-refractivity contribution in [1.82, 2.24) is 15.0 Å². The molecule has 0 unspecified atom stereocenters. The van der Waals surface area contributed by atoms with Gasteiger partial charge in [0.1, 0.15) is 11.6 Å². The largest absolute Gasteiger partial charge is 0.387 e. The van der Waals surface area contributed by atoms with Gasteiger partial charge in [0.2, 0.25) is 5.89 Å². The van der Waals surface area contributed by atoms with Crippen molar-refractivity contribution in [2.45, 2.75) is 43.6 Å². The number of benzene rings is 1. The average Bonchev–Trinajstić information content (AvgIpc) is 3.32. The number of aromatic nitrogens is 2. The maximum Gasteiger partial charge on any atom is 0.229 e. The van der Waals surface area contributed by atoms with E-state index in [1.165, 1.54) is 12.1 Å². The number of hydrogen-bond acceptors (Lipinski definition) is 5. The zero-order valence-corrected chi connectivity index (χ0v) is 13.9. The van der Waals surface area contributed by atoms with Crippen LogP contribution in [0, 0.1) is 11.6 Å². The molecule has 4 rings (SSSR count). The standard InChI is InChI=1S/C18H21F2N3O2/c19-13-5-6-14(15(20)8-13)16(24)10-23-7-1-2-12(9-23)17-21-18(25-22-17)11-3-4-11/h5-6,8,11-12,16,24H,1-4,7,9-10H2/t12-,16-/m0/s1. The molecule has 7 heteroatoms. The first-order chi connectivity index (χ1) is 12.1. The Bertz CT molecular complexity index is 748. The summed E-state index contributed by atoms with van der Waals surface area (Å²) in [4.78, 5) is 6.60. The molecule has 1 N–H and O–H groups in total. The third-order valence-electron chi connectivity index (χ3n) is 5.01. The van der Waals surface area contributed by atoms with E-state index >= 15 is 0 Å². The Hall–Kier alpha value is -1.86. The van der Waals surface area contributed by atoms with Gasteiger partial charge in [-0.15, -0.1) is 0 Å². The molecule has 1 aromatic carbocycles. The normalized spacial score (nSPS) is 22.9. The monoisotopic (exact) mass is 349 g/mol. The van der Waals surface area contributed by atoms with Crippen molar-refractivity contribution >= 4 is 0 Å². The molecule has 1 aromatic heterocycles. The second-order valence-corrected chi connectivity index (χ2v) is 7.05. The first kappa shape index (κ1) is 16.6. The number of rotatable bonds is 5. The van der Waals surface area contributed by atoms with E-state index in [0.717, 1.165) is 50.0 Å². The Balaban J connectivity index is 1.40. The van der Waals surface area contributed by atoms with Crippen LogP contribution in [0.5, 0.6) is 0 Å². The van der Waals surface area contributed by atoms with Crippen LogP contribution in [0.4, 0.5) is 8.78 Å². The van der Waals surface area contributed by atoms with Gasteiger partial charge < -0.3 is 9.63 Å². The van der Waals surface area contributed by atoms with Gasteiger partial charge in [-0.25, -0.2) is 8.78 Å². The molecule has 25 heavy (non-hydrogen) atoms. The maximum atomic E-state index is 13.8. The average molecular weight is 349 g/mol. The first-order valence-corrected chi connectivity index (χ1v) is 8.79. The molecule has 1 aliphatic heterocycles. The predicted octanol–water partition coefficient (Wildman–Crippen LogP) is 3.14. The number of halogens is 2. The number of hydrogen-bond donors (Lipinski definition) is 1. The molecule has 1 saturated heterocycles. The molecule has 2 heterocycles. The third-order valence-corrected chi connectivity index (χ3v) is 5.01. The van der Waals surface area contributed by atoms with Crippen LogP contribution < -0.4 is 0 Å². The number of β-amino-alcohol motifs (C(OH)–C–C–N with tert-alkyl or cyclic N) is 1. The molecule has 2 atom stereocenters. The Morgan fingerprint density at radius 2 is 2.08 bits per heavy atom. The van der Waals surface area contributed by atoms with E-state index < -0.39 is 17.7 Å². The third kappa shape index (κ3) is 3.72. The van der Waals surface area contributed by atoms with E-state index in [9.17, 15) is 13.9 Å². The van der Waals surface area contributed by atoms with Gasteiger partial charge in [-0.2, -0.15) is 4.98 Å². The maximum absolute atomic E-state index is 13.8. The van der Waals surface area contributed by atoms with E-state index in [1.54, 1.807) is 0 Å². The number of likely N-dealkylation sites (tertiary alicyclic amines) is 1. The van der Waals surface area contributed by atoms with Crippen LogP contribution in [0.1, 0.15) is 60.9 Å². The zero-order chi connectivity index (χ0) is 17.4.